The zero-order chi connectivity index (χ0) is 20.8. The minimum Gasteiger partial charge on any atom is -0.507 e. The number of benzene rings is 2. The van der Waals surface area contributed by atoms with Crippen LogP contribution in [0.25, 0.3) is 0 Å². The first-order valence-electron chi connectivity index (χ1n) is 10.7. The molecule has 2 aromatic carbocycles. The van der Waals surface area contributed by atoms with Crippen molar-refractivity contribution in [2.75, 3.05) is 75.8 Å². The molecule has 7 heteroatoms. The molecule has 0 bridgehead atoms. The zero-order valence-electron chi connectivity index (χ0n) is 17.3. The van der Waals surface area contributed by atoms with Crippen molar-refractivity contribution in [3.8, 4) is 5.75 Å². The van der Waals surface area contributed by atoms with E-state index < -0.39 is 0 Å². The van der Waals surface area contributed by atoms with E-state index in [1.165, 1.54) is 5.69 Å². The molecular weight excluding hydrogens is 380 g/mol. The molecule has 30 heavy (non-hydrogen) atoms. The van der Waals surface area contributed by atoms with Crippen LogP contribution in [0.4, 0.5) is 11.4 Å². The predicted molar refractivity (Wildman–Crippen MR) is 118 cm³/mol. The van der Waals surface area contributed by atoms with Crippen molar-refractivity contribution < 1.29 is 14.6 Å². The van der Waals surface area contributed by atoms with Crippen molar-refractivity contribution in [3.05, 3.63) is 54.1 Å². The smallest absolute Gasteiger partial charge is 0.259 e. The Morgan fingerprint density at radius 1 is 0.933 bits per heavy atom. The highest BCUT2D eigenvalue weighted by molar-refractivity contribution is 6.02. The average Bonchev–Trinajstić information content (AvgIpc) is 2.80. The molecule has 0 radical (unpaired) electrons. The molecule has 0 unspecified atom stereocenters. The highest BCUT2D eigenvalue weighted by atomic mass is 16.5. The van der Waals surface area contributed by atoms with Crippen LogP contribution in [0.1, 0.15) is 10.4 Å². The summed E-state index contributed by atoms with van der Waals surface area (Å²) in [6.07, 6.45) is 0. The number of carbonyl (C=O) groups excluding carboxylic acids is 1. The van der Waals surface area contributed by atoms with E-state index in [1.807, 2.05) is 12.1 Å². The summed E-state index contributed by atoms with van der Waals surface area (Å²) in [5, 5.41) is 13.7. The second kappa shape index (κ2) is 9.82. The number of morpholine rings is 1. The molecule has 2 saturated heterocycles. The fraction of sp³-hybridized carbons (Fsp3) is 0.435. The average molecular weight is 411 g/mol. The minimum absolute atomic E-state index is 0.0213. The molecule has 0 aliphatic carbocycles. The number of nitrogens with one attached hydrogen (secondary N) is 1. The molecule has 2 heterocycles. The van der Waals surface area contributed by atoms with Crippen LogP contribution in [-0.2, 0) is 4.74 Å². The van der Waals surface area contributed by atoms with Gasteiger partial charge in [0.15, 0.2) is 0 Å². The van der Waals surface area contributed by atoms with Gasteiger partial charge in [0, 0.05) is 58.0 Å². The molecule has 0 atom stereocenters. The Labute approximate surface area is 177 Å². The topological polar surface area (TPSA) is 68.3 Å². The van der Waals surface area contributed by atoms with E-state index in [4.69, 9.17) is 4.74 Å². The van der Waals surface area contributed by atoms with Crippen molar-refractivity contribution >= 4 is 17.3 Å². The maximum Gasteiger partial charge on any atom is 0.259 e. The van der Waals surface area contributed by atoms with Gasteiger partial charge in [-0.15, -0.1) is 0 Å². The van der Waals surface area contributed by atoms with E-state index in [0.717, 1.165) is 39.3 Å². The Kier molecular flexibility index (Phi) is 6.71. The lowest BCUT2D eigenvalue weighted by molar-refractivity contribution is 0.0301. The van der Waals surface area contributed by atoms with Crippen molar-refractivity contribution in [3.63, 3.8) is 0 Å². The first kappa shape index (κ1) is 20.5. The summed E-state index contributed by atoms with van der Waals surface area (Å²) in [5.74, 6) is -0.122. The maximum atomic E-state index is 12.9. The highest BCUT2D eigenvalue weighted by Crippen LogP contribution is 2.27. The molecule has 7 nitrogen and oxygen atoms in total. The number of piperazine rings is 1. The number of carbonyl (C=O) groups is 1. The summed E-state index contributed by atoms with van der Waals surface area (Å²) in [6.45, 7) is 7.84. The molecule has 2 aromatic rings. The molecule has 1 amide bonds. The maximum absolute atomic E-state index is 12.9. The van der Waals surface area contributed by atoms with Gasteiger partial charge in [0.2, 0.25) is 0 Å². The Morgan fingerprint density at radius 3 is 2.40 bits per heavy atom. The molecule has 2 aliphatic heterocycles. The van der Waals surface area contributed by atoms with Crippen LogP contribution in [0.2, 0.25) is 0 Å². The summed E-state index contributed by atoms with van der Waals surface area (Å²) < 4.78 is 5.33. The van der Waals surface area contributed by atoms with E-state index in [1.54, 1.807) is 17.0 Å². The third-order valence-electron chi connectivity index (χ3n) is 5.79. The number of nitrogens with zero attached hydrogens (tertiary/aromatic N) is 3. The van der Waals surface area contributed by atoms with E-state index in [9.17, 15) is 9.90 Å². The number of amides is 1. The van der Waals surface area contributed by atoms with Gasteiger partial charge in [-0.2, -0.15) is 0 Å². The van der Waals surface area contributed by atoms with E-state index in [-0.39, 0.29) is 11.7 Å². The number of rotatable bonds is 6. The fourth-order valence-corrected chi connectivity index (χ4v) is 4.05. The summed E-state index contributed by atoms with van der Waals surface area (Å²) >= 11 is 0. The number of hydrogen-bond acceptors (Lipinski definition) is 6. The number of phenolic OH excluding ortho intramolecular Hbond substituents is 1. The van der Waals surface area contributed by atoms with E-state index in [2.05, 4.69) is 39.4 Å². The van der Waals surface area contributed by atoms with Crippen molar-refractivity contribution in [1.29, 1.82) is 0 Å². The number of aromatic hydroxyl groups is 1. The number of hydrogen-bond donors (Lipinski definition) is 2. The molecule has 160 valence electrons. The normalized spacial score (nSPS) is 17.7. The van der Waals surface area contributed by atoms with Crippen LogP contribution in [0.3, 0.4) is 0 Å². The van der Waals surface area contributed by atoms with E-state index >= 15 is 0 Å². The van der Waals surface area contributed by atoms with Crippen LogP contribution >= 0.6 is 0 Å². The van der Waals surface area contributed by atoms with Gasteiger partial charge in [0.1, 0.15) is 11.3 Å². The predicted octanol–water partition coefficient (Wildman–Crippen LogP) is 2.10. The first-order valence-corrected chi connectivity index (χ1v) is 10.7. The van der Waals surface area contributed by atoms with Gasteiger partial charge in [0.25, 0.3) is 5.91 Å². The Balaban J connectivity index is 1.30. The molecule has 2 fully saturated rings. The summed E-state index contributed by atoms with van der Waals surface area (Å²) in [7, 11) is 0. The highest BCUT2D eigenvalue weighted by Gasteiger charge is 2.24. The van der Waals surface area contributed by atoms with Crippen molar-refractivity contribution in [2.45, 2.75) is 0 Å². The summed E-state index contributed by atoms with van der Waals surface area (Å²) in [6, 6.07) is 15.7. The summed E-state index contributed by atoms with van der Waals surface area (Å²) in [5.41, 5.74) is 2.32. The fourth-order valence-electron chi connectivity index (χ4n) is 4.05. The molecule has 2 aliphatic rings. The third-order valence-corrected chi connectivity index (χ3v) is 5.79. The zero-order valence-corrected chi connectivity index (χ0v) is 17.3. The van der Waals surface area contributed by atoms with Gasteiger partial charge < -0.3 is 25.0 Å². The van der Waals surface area contributed by atoms with Crippen LogP contribution in [0, 0.1) is 0 Å². The van der Waals surface area contributed by atoms with Gasteiger partial charge in [-0.3, -0.25) is 9.69 Å². The standard InChI is InChI=1S/C23H30N4O3/c28-21-8-4-7-20(22(21)23(29)27-15-17-30-18-16-27)24-9-10-25-11-13-26(14-12-25)19-5-2-1-3-6-19/h1-8,24,28H,9-18H2. The molecule has 0 spiro atoms. The Bertz CT molecular complexity index is 832. The number of anilines is 2. The molecular formula is C23H30N4O3. The van der Waals surface area contributed by atoms with Gasteiger partial charge in [-0.1, -0.05) is 24.3 Å². The third kappa shape index (κ3) is 4.86. The molecule has 4 rings (SSSR count). The van der Waals surface area contributed by atoms with Crippen LogP contribution in [0.5, 0.6) is 5.75 Å². The van der Waals surface area contributed by atoms with Crippen LogP contribution in [0.15, 0.2) is 48.5 Å². The molecule has 2 N–H and O–H groups in total. The lowest BCUT2D eigenvalue weighted by atomic mass is 10.1. The molecule has 0 saturated carbocycles. The quantitative estimate of drug-likeness (QED) is 0.760. The lowest BCUT2D eigenvalue weighted by Crippen LogP contribution is -2.47. The van der Waals surface area contributed by atoms with Crippen LogP contribution in [-0.4, -0.2) is 86.4 Å². The Hall–Kier alpha value is -2.77. The van der Waals surface area contributed by atoms with Gasteiger partial charge >= 0.3 is 0 Å². The number of ether oxygens (including phenoxy) is 1. The first-order chi connectivity index (χ1) is 14.7. The number of para-hydroxylation sites is 1. The minimum atomic E-state index is -0.143. The van der Waals surface area contributed by atoms with Crippen molar-refractivity contribution in [1.82, 2.24) is 9.80 Å². The number of phenols is 1. The summed E-state index contributed by atoms with van der Waals surface area (Å²) in [4.78, 5) is 19.5. The second-order valence-corrected chi connectivity index (χ2v) is 7.70. The van der Waals surface area contributed by atoms with Gasteiger partial charge in [0.05, 0.1) is 18.9 Å². The largest absolute Gasteiger partial charge is 0.507 e. The van der Waals surface area contributed by atoms with Gasteiger partial charge in [-0.05, 0) is 24.3 Å². The Morgan fingerprint density at radius 2 is 1.67 bits per heavy atom. The van der Waals surface area contributed by atoms with Crippen molar-refractivity contribution in [2.24, 2.45) is 0 Å². The lowest BCUT2D eigenvalue weighted by Gasteiger charge is -2.36. The monoisotopic (exact) mass is 410 g/mol. The van der Waals surface area contributed by atoms with Crippen LogP contribution < -0.4 is 10.2 Å². The SMILES string of the molecule is O=C(c1c(O)cccc1NCCN1CCN(c2ccccc2)CC1)N1CCOCC1. The van der Waals surface area contributed by atoms with Gasteiger partial charge in [-0.25, -0.2) is 0 Å². The van der Waals surface area contributed by atoms with E-state index in [0.29, 0.717) is 37.6 Å². The molecule has 0 aromatic heterocycles. The second-order valence-electron chi connectivity index (χ2n) is 7.70.